The largest absolute Gasteiger partial charge is 0.412 e. The Labute approximate surface area is 115 Å². The van der Waals surface area contributed by atoms with Gasteiger partial charge in [0.05, 0.1) is 13.2 Å². The maximum atomic E-state index is 12.0. The molecule has 1 N–H and O–H groups in total. The second-order valence-corrected chi connectivity index (χ2v) is 11.1. The van der Waals surface area contributed by atoms with E-state index < -0.39 is 14.9 Å². The number of ketones is 2. The number of allylic oxidation sites excluding steroid dienone is 2. The van der Waals surface area contributed by atoms with Gasteiger partial charge in [0, 0.05) is 11.1 Å². The number of Topliss-reactive ketones (excluding diaryl/α,β-unsaturated/α-hetero) is 1. The number of carbonyl (C=O) groups is 2. The molecule has 0 aromatic carbocycles. The summed E-state index contributed by atoms with van der Waals surface area (Å²) in [6.45, 7) is 10.2. The molecule has 106 valence electrons. The molecule has 1 rings (SSSR count). The van der Waals surface area contributed by atoms with Crippen LogP contribution in [0.2, 0.25) is 18.1 Å². The van der Waals surface area contributed by atoms with Gasteiger partial charge >= 0.3 is 0 Å². The summed E-state index contributed by atoms with van der Waals surface area (Å²) in [5.41, 5.74) is 0.475. The van der Waals surface area contributed by atoms with E-state index in [1.807, 2.05) is 0 Å². The second kappa shape index (κ2) is 5.52. The third-order valence-corrected chi connectivity index (χ3v) is 8.26. The fourth-order valence-electron chi connectivity index (χ4n) is 1.42. The van der Waals surface area contributed by atoms with Crippen molar-refractivity contribution in [2.24, 2.45) is 0 Å². The van der Waals surface area contributed by atoms with E-state index >= 15 is 0 Å². The van der Waals surface area contributed by atoms with Crippen LogP contribution >= 0.6 is 0 Å². The number of aliphatic hydroxyl groups is 1. The van der Waals surface area contributed by atoms with Crippen LogP contribution in [0.4, 0.5) is 0 Å². The molecule has 0 aromatic heterocycles. The highest BCUT2D eigenvalue weighted by atomic mass is 28.4. The number of hydrogen-bond donors (Lipinski definition) is 1. The van der Waals surface area contributed by atoms with Crippen molar-refractivity contribution < 1.29 is 19.1 Å². The van der Waals surface area contributed by atoms with Gasteiger partial charge in [-0.05, 0) is 30.3 Å². The average molecular weight is 282 g/mol. The zero-order valence-electron chi connectivity index (χ0n) is 12.2. The minimum atomic E-state index is -1.96. The Morgan fingerprint density at radius 1 is 1.16 bits per heavy atom. The van der Waals surface area contributed by atoms with E-state index in [9.17, 15) is 9.59 Å². The molecule has 0 amide bonds. The van der Waals surface area contributed by atoms with Crippen LogP contribution in [-0.4, -0.2) is 38.2 Å². The van der Waals surface area contributed by atoms with Crippen molar-refractivity contribution in [1.82, 2.24) is 0 Å². The van der Waals surface area contributed by atoms with E-state index in [1.165, 1.54) is 12.2 Å². The lowest BCUT2D eigenvalue weighted by atomic mass is 9.97. The lowest BCUT2D eigenvalue weighted by Gasteiger charge is -2.36. The first-order valence-electron chi connectivity index (χ1n) is 6.33. The Morgan fingerprint density at radius 2 is 1.68 bits per heavy atom. The SMILES string of the molecule is CC(C)(C)[Si](C)(C)OCC1=CC(=O)C=C(CO)C1=O. The van der Waals surface area contributed by atoms with E-state index in [2.05, 4.69) is 33.9 Å². The van der Waals surface area contributed by atoms with Gasteiger partial charge in [0.25, 0.3) is 0 Å². The molecule has 0 aliphatic heterocycles. The molecule has 5 heteroatoms. The van der Waals surface area contributed by atoms with Crippen molar-refractivity contribution in [2.45, 2.75) is 38.9 Å². The van der Waals surface area contributed by atoms with E-state index in [0.29, 0.717) is 5.57 Å². The van der Waals surface area contributed by atoms with Crippen molar-refractivity contribution in [1.29, 1.82) is 0 Å². The predicted octanol–water partition coefficient (Wildman–Crippen LogP) is 2.01. The predicted molar refractivity (Wildman–Crippen MR) is 76.4 cm³/mol. The minimum Gasteiger partial charge on any atom is -0.412 e. The molecule has 19 heavy (non-hydrogen) atoms. The summed E-state index contributed by atoms with van der Waals surface area (Å²) in [5.74, 6) is -0.557. The van der Waals surface area contributed by atoms with Gasteiger partial charge in [0.1, 0.15) is 0 Å². The summed E-state index contributed by atoms with van der Waals surface area (Å²) >= 11 is 0. The quantitative estimate of drug-likeness (QED) is 0.633. The van der Waals surface area contributed by atoms with Crippen molar-refractivity contribution in [2.75, 3.05) is 13.2 Å². The summed E-state index contributed by atoms with van der Waals surface area (Å²) in [6, 6.07) is 0. The molecule has 0 spiro atoms. The lowest BCUT2D eigenvalue weighted by Crippen LogP contribution is -2.41. The average Bonchev–Trinajstić information content (AvgIpc) is 2.28. The van der Waals surface area contributed by atoms with Crippen molar-refractivity contribution in [3.63, 3.8) is 0 Å². The molecule has 0 bridgehead atoms. The summed E-state index contributed by atoms with van der Waals surface area (Å²) in [5, 5.41) is 9.10. The van der Waals surface area contributed by atoms with Gasteiger partial charge in [-0.25, -0.2) is 0 Å². The normalized spacial score (nSPS) is 17.4. The summed E-state index contributed by atoms with van der Waals surface area (Å²) < 4.78 is 5.93. The monoisotopic (exact) mass is 282 g/mol. The molecule has 0 saturated heterocycles. The van der Waals surface area contributed by atoms with Gasteiger partial charge in [-0.2, -0.15) is 0 Å². The molecule has 0 heterocycles. The first-order chi connectivity index (χ1) is 8.58. The van der Waals surface area contributed by atoms with Gasteiger partial charge in [0.15, 0.2) is 19.9 Å². The Kier molecular flexibility index (Phi) is 4.66. The fourth-order valence-corrected chi connectivity index (χ4v) is 2.37. The first kappa shape index (κ1) is 16.0. The van der Waals surface area contributed by atoms with Crippen LogP contribution < -0.4 is 0 Å². The van der Waals surface area contributed by atoms with Crippen LogP contribution in [0.1, 0.15) is 20.8 Å². The standard InChI is InChI=1S/C14H22O4Si/c1-14(2,3)19(4,5)18-9-11-7-12(16)6-10(8-15)13(11)17/h6-7,15H,8-9H2,1-5H3. The van der Waals surface area contributed by atoms with Gasteiger partial charge in [-0.1, -0.05) is 20.8 Å². The molecule has 0 unspecified atom stereocenters. The maximum absolute atomic E-state index is 12.0. The van der Waals surface area contributed by atoms with E-state index in [4.69, 9.17) is 9.53 Å². The molecule has 0 atom stereocenters. The van der Waals surface area contributed by atoms with Gasteiger partial charge < -0.3 is 9.53 Å². The highest BCUT2D eigenvalue weighted by Gasteiger charge is 2.37. The third-order valence-electron chi connectivity index (χ3n) is 3.78. The Balaban J connectivity index is 2.79. The molecule has 1 aliphatic carbocycles. The lowest BCUT2D eigenvalue weighted by molar-refractivity contribution is -0.115. The van der Waals surface area contributed by atoms with Crippen LogP contribution in [0.3, 0.4) is 0 Å². The van der Waals surface area contributed by atoms with Crippen LogP contribution in [0.25, 0.3) is 0 Å². The number of aliphatic hydroxyl groups excluding tert-OH is 1. The molecule has 1 aliphatic rings. The van der Waals surface area contributed by atoms with Gasteiger partial charge in [-0.15, -0.1) is 0 Å². The maximum Gasteiger partial charge on any atom is 0.192 e. The number of hydrogen-bond acceptors (Lipinski definition) is 4. The van der Waals surface area contributed by atoms with E-state index in [-0.39, 0.29) is 28.8 Å². The summed E-state index contributed by atoms with van der Waals surface area (Å²) in [4.78, 5) is 23.4. The zero-order valence-corrected chi connectivity index (χ0v) is 13.2. The van der Waals surface area contributed by atoms with Crippen LogP contribution in [-0.2, 0) is 14.0 Å². The minimum absolute atomic E-state index is 0.0466. The fraction of sp³-hybridized carbons (Fsp3) is 0.571. The smallest absolute Gasteiger partial charge is 0.192 e. The molecule has 4 nitrogen and oxygen atoms in total. The Bertz CT molecular complexity index is 453. The molecule has 0 fully saturated rings. The van der Waals surface area contributed by atoms with Crippen LogP contribution in [0.15, 0.2) is 23.3 Å². The van der Waals surface area contributed by atoms with Crippen LogP contribution in [0, 0.1) is 0 Å². The Hall–Kier alpha value is -1.04. The van der Waals surface area contributed by atoms with Crippen molar-refractivity contribution in [3.8, 4) is 0 Å². The molecular weight excluding hydrogens is 260 g/mol. The second-order valence-electron chi connectivity index (χ2n) is 6.28. The number of rotatable bonds is 4. The first-order valence-corrected chi connectivity index (χ1v) is 9.24. The summed E-state index contributed by atoms with van der Waals surface area (Å²) in [7, 11) is -1.96. The van der Waals surface area contributed by atoms with Crippen LogP contribution in [0.5, 0.6) is 0 Å². The van der Waals surface area contributed by atoms with Gasteiger partial charge in [0.2, 0.25) is 0 Å². The number of carbonyl (C=O) groups excluding carboxylic acids is 2. The third kappa shape index (κ3) is 3.71. The molecule has 0 radical (unpaired) electrons. The van der Waals surface area contributed by atoms with Gasteiger partial charge in [-0.3, -0.25) is 9.59 Å². The van der Waals surface area contributed by atoms with E-state index in [1.54, 1.807) is 0 Å². The van der Waals surface area contributed by atoms with E-state index in [0.717, 1.165) is 0 Å². The summed E-state index contributed by atoms with van der Waals surface area (Å²) in [6.07, 6.45) is 2.48. The van der Waals surface area contributed by atoms with Crippen molar-refractivity contribution >= 4 is 19.9 Å². The Morgan fingerprint density at radius 3 is 2.16 bits per heavy atom. The van der Waals surface area contributed by atoms with Crippen molar-refractivity contribution in [3.05, 3.63) is 23.3 Å². The molecular formula is C14H22O4Si. The highest BCUT2D eigenvalue weighted by Crippen LogP contribution is 2.36. The zero-order chi connectivity index (χ0) is 14.8. The molecule has 0 aromatic rings. The highest BCUT2D eigenvalue weighted by molar-refractivity contribution is 6.74. The molecule has 0 saturated carbocycles. The topological polar surface area (TPSA) is 63.6 Å².